The number of amides is 1. The molecule has 12 heteroatoms. The van der Waals surface area contributed by atoms with E-state index in [2.05, 4.69) is 17.1 Å². The second-order valence-corrected chi connectivity index (χ2v) is 11.5. The lowest BCUT2D eigenvalue weighted by molar-refractivity contribution is -0.147. The fourth-order valence-corrected chi connectivity index (χ4v) is 7.00. The first-order valence-corrected chi connectivity index (χ1v) is 13.6. The van der Waals surface area contributed by atoms with Crippen LogP contribution in [0.5, 0.6) is 5.88 Å². The van der Waals surface area contributed by atoms with Crippen LogP contribution in [0.4, 0.5) is 14.2 Å². The molecule has 0 spiro atoms. The van der Waals surface area contributed by atoms with Crippen molar-refractivity contribution in [3.63, 3.8) is 0 Å². The van der Waals surface area contributed by atoms with E-state index in [-0.39, 0.29) is 38.9 Å². The minimum Gasteiger partial charge on any atom is -0.476 e. The molecule has 0 radical (unpaired) electrons. The van der Waals surface area contributed by atoms with E-state index >= 15 is 0 Å². The molecule has 2 aromatic carbocycles. The third-order valence-electron chi connectivity index (χ3n) is 7.98. The van der Waals surface area contributed by atoms with Crippen molar-refractivity contribution >= 4 is 55.0 Å². The third kappa shape index (κ3) is 3.98. The molecule has 2 aliphatic heterocycles. The molecule has 2 aromatic heterocycles. The number of methoxy groups -OCH3 is 1. The van der Waals surface area contributed by atoms with Crippen LogP contribution in [0.25, 0.3) is 32.1 Å². The zero-order chi connectivity index (χ0) is 28.3. The van der Waals surface area contributed by atoms with Gasteiger partial charge in [0.05, 0.1) is 45.7 Å². The Morgan fingerprint density at radius 3 is 2.85 bits per heavy atom. The summed E-state index contributed by atoms with van der Waals surface area (Å²) in [6.45, 7) is 3.85. The van der Waals surface area contributed by atoms with Gasteiger partial charge in [-0.2, -0.15) is 5.26 Å². The van der Waals surface area contributed by atoms with E-state index < -0.39 is 11.9 Å². The molecule has 0 aliphatic carbocycles. The number of nitrogens with zero attached hydrogens (tertiary/aromatic N) is 3. The lowest BCUT2D eigenvalue weighted by atomic mass is 9.85. The highest BCUT2D eigenvalue weighted by Crippen LogP contribution is 2.48. The van der Waals surface area contributed by atoms with E-state index in [1.165, 1.54) is 6.07 Å². The Labute approximate surface area is 237 Å². The molecule has 1 saturated heterocycles. The highest BCUT2D eigenvalue weighted by molar-refractivity contribution is 7.23. The molecular weight excluding hydrogens is 559 g/mol. The summed E-state index contributed by atoms with van der Waals surface area (Å²) in [6, 6.07) is 8.59. The van der Waals surface area contributed by atoms with Crippen molar-refractivity contribution in [2.75, 3.05) is 32.6 Å². The standard InChI is InChI=1S/C28H24ClFN4O5S/c1-28(19(37-3)9-34(28)2)12-39-20-7-5-13-16-10-38-11-17(16)21(23(29)24(13)32-20)14-4-6-18(30)25-22(14)15(8-31)26(40-25)33-27(35)36/h4-7,19,33H,9-12H2,1-3H3,(H,35,36). The van der Waals surface area contributed by atoms with Gasteiger partial charge in [0.15, 0.2) is 0 Å². The number of hydrogen-bond donors (Lipinski definition) is 2. The van der Waals surface area contributed by atoms with Crippen molar-refractivity contribution in [3.8, 4) is 23.1 Å². The monoisotopic (exact) mass is 582 g/mol. The molecule has 0 saturated carbocycles. The summed E-state index contributed by atoms with van der Waals surface area (Å²) in [5.41, 5.74) is 2.98. The van der Waals surface area contributed by atoms with Gasteiger partial charge in [-0.3, -0.25) is 10.2 Å². The predicted octanol–water partition coefficient (Wildman–Crippen LogP) is 6.00. The molecule has 0 bridgehead atoms. The summed E-state index contributed by atoms with van der Waals surface area (Å²) in [7, 11) is 3.70. The highest BCUT2D eigenvalue weighted by Gasteiger charge is 2.49. The number of likely N-dealkylation sites (tertiary alicyclic amines) is 1. The summed E-state index contributed by atoms with van der Waals surface area (Å²) >= 11 is 7.93. The van der Waals surface area contributed by atoms with E-state index in [1.807, 2.05) is 19.2 Å². The number of anilines is 1. The zero-order valence-electron chi connectivity index (χ0n) is 21.8. The number of nitrogens with one attached hydrogen (secondary N) is 1. The Balaban J connectivity index is 1.52. The predicted molar refractivity (Wildman–Crippen MR) is 150 cm³/mol. The second-order valence-electron chi connectivity index (χ2n) is 10.1. The number of ether oxygens (including phenoxy) is 3. The van der Waals surface area contributed by atoms with Gasteiger partial charge >= 0.3 is 6.09 Å². The molecule has 2 unspecified atom stereocenters. The second kappa shape index (κ2) is 9.83. The van der Waals surface area contributed by atoms with Gasteiger partial charge in [0.1, 0.15) is 23.5 Å². The molecule has 1 amide bonds. The number of halogens is 2. The van der Waals surface area contributed by atoms with Gasteiger partial charge in [0.25, 0.3) is 0 Å². The fourth-order valence-electron chi connectivity index (χ4n) is 5.57. The van der Waals surface area contributed by atoms with Crippen LogP contribution in [0.3, 0.4) is 0 Å². The third-order valence-corrected chi connectivity index (χ3v) is 9.46. The molecule has 2 aliphatic rings. The van der Waals surface area contributed by atoms with Crippen molar-refractivity contribution in [2.24, 2.45) is 0 Å². The van der Waals surface area contributed by atoms with Crippen LogP contribution in [-0.4, -0.2) is 60.0 Å². The lowest BCUT2D eigenvalue weighted by Gasteiger charge is -2.53. The number of benzene rings is 2. The Kier molecular flexibility index (Phi) is 6.56. The van der Waals surface area contributed by atoms with Gasteiger partial charge in [-0.25, -0.2) is 14.2 Å². The maximum Gasteiger partial charge on any atom is 0.409 e. The van der Waals surface area contributed by atoms with Crippen LogP contribution in [0.2, 0.25) is 5.02 Å². The molecule has 6 rings (SSSR count). The summed E-state index contributed by atoms with van der Waals surface area (Å²) < 4.78 is 32.6. The number of carbonyl (C=O) groups is 1. The molecular formula is C28H24ClFN4O5S. The van der Waals surface area contributed by atoms with Crippen molar-refractivity contribution in [1.82, 2.24) is 9.88 Å². The number of hydrogen-bond acceptors (Lipinski definition) is 8. The van der Waals surface area contributed by atoms with Crippen LogP contribution in [0.1, 0.15) is 23.6 Å². The lowest BCUT2D eigenvalue weighted by Crippen LogP contribution is -2.70. The van der Waals surface area contributed by atoms with E-state index in [4.69, 9.17) is 30.8 Å². The highest BCUT2D eigenvalue weighted by atomic mass is 35.5. The fraction of sp³-hybridized carbons (Fsp3) is 0.321. The van der Waals surface area contributed by atoms with Gasteiger partial charge in [-0.1, -0.05) is 17.7 Å². The number of rotatable bonds is 6. The summed E-state index contributed by atoms with van der Waals surface area (Å²) in [4.78, 5) is 18.3. The first kappa shape index (κ1) is 26.7. The van der Waals surface area contributed by atoms with Crippen LogP contribution in [-0.2, 0) is 22.7 Å². The van der Waals surface area contributed by atoms with Crippen LogP contribution in [0, 0.1) is 17.1 Å². The minimum absolute atomic E-state index is 0.0244. The molecule has 2 N–H and O–H groups in total. The SMILES string of the molecule is COC1CN(C)C1(C)COc1ccc2c3c(c(-c4ccc(F)c5sc(NC(=O)O)c(C#N)c45)c(Cl)c2n1)COC3. The number of likely N-dealkylation sites (N-methyl/N-ethyl adjacent to an activating group) is 1. The number of nitriles is 1. The number of thiophene rings is 1. The Hall–Kier alpha value is -3.53. The van der Waals surface area contributed by atoms with Crippen molar-refractivity contribution in [2.45, 2.75) is 31.8 Å². The van der Waals surface area contributed by atoms with E-state index in [0.717, 1.165) is 34.4 Å². The Morgan fingerprint density at radius 2 is 2.15 bits per heavy atom. The molecule has 1 fully saturated rings. The molecule has 206 valence electrons. The van der Waals surface area contributed by atoms with Crippen molar-refractivity contribution in [3.05, 3.63) is 51.8 Å². The first-order chi connectivity index (χ1) is 19.2. The maximum absolute atomic E-state index is 15.0. The first-order valence-electron chi connectivity index (χ1n) is 12.4. The Morgan fingerprint density at radius 1 is 1.38 bits per heavy atom. The van der Waals surface area contributed by atoms with Crippen molar-refractivity contribution < 1.29 is 28.5 Å². The molecule has 2 atom stereocenters. The number of aromatic nitrogens is 1. The Bertz CT molecular complexity index is 1760. The summed E-state index contributed by atoms with van der Waals surface area (Å²) in [5, 5.41) is 22.9. The average Bonchev–Trinajstić information content (AvgIpc) is 3.56. The summed E-state index contributed by atoms with van der Waals surface area (Å²) in [5.74, 6) is -0.179. The van der Waals surface area contributed by atoms with Gasteiger partial charge in [0, 0.05) is 36.1 Å². The topological polar surface area (TPSA) is 117 Å². The largest absolute Gasteiger partial charge is 0.476 e. The van der Waals surface area contributed by atoms with Gasteiger partial charge < -0.3 is 19.3 Å². The molecule has 4 heterocycles. The van der Waals surface area contributed by atoms with Gasteiger partial charge in [0.2, 0.25) is 5.88 Å². The number of carboxylic acid groups (broad SMARTS) is 1. The quantitative estimate of drug-likeness (QED) is 0.284. The van der Waals surface area contributed by atoms with Crippen LogP contribution >= 0.6 is 22.9 Å². The van der Waals surface area contributed by atoms with E-state index in [9.17, 15) is 19.6 Å². The number of fused-ring (bicyclic) bond motifs is 4. The maximum atomic E-state index is 15.0. The number of pyridine rings is 1. The van der Waals surface area contributed by atoms with E-state index in [0.29, 0.717) is 40.8 Å². The summed E-state index contributed by atoms with van der Waals surface area (Å²) in [6.07, 6.45) is -1.31. The smallest absolute Gasteiger partial charge is 0.409 e. The van der Waals surface area contributed by atoms with Crippen molar-refractivity contribution in [1.29, 1.82) is 5.26 Å². The van der Waals surface area contributed by atoms with Crippen LogP contribution in [0.15, 0.2) is 24.3 Å². The van der Waals surface area contributed by atoms with Crippen LogP contribution < -0.4 is 10.1 Å². The molecule has 40 heavy (non-hydrogen) atoms. The minimum atomic E-state index is -1.35. The average molecular weight is 583 g/mol. The zero-order valence-corrected chi connectivity index (χ0v) is 23.4. The van der Waals surface area contributed by atoms with E-state index in [1.54, 1.807) is 19.2 Å². The molecule has 4 aromatic rings. The molecule has 9 nitrogen and oxygen atoms in total. The van der Waals surface area contributed by atoms with Gasteiger partial charge in [-0.05, 0) is 42.8 Å². The van der Waals surface area contributed by atoms with Gasteiger partial charge in [-0.15, -0.1) is 11.3 Å². The normalized spacial score (nSPS) is 20.4.